The lowest BCUT2D eigenvalue weighted by Gasteiger charge is -2.16. The average Bonchev–Trinajstić information content (AvgIpc) is 3.45. The lowest BCUT2D eigenvalue weighted by molar-refractivity contribution is 0.249. The minimum Gasteiger partial charge on any atom is -0.493 e. The number of aryl methyl sites for hydroxylation is 2. The Hall–Kier alpha value is -3.62. The van der Waals surface area contributed by atoms with Crippen molar-refractivity contribution in [2.75, 3.05) is 18.5 Å². The summed E-state index contributed by atoms with van der Waals surface area (Å²) in [4.78, 5) is 0. The van der Waals surface area contributed by atoms with Crippen molar-refractivity contribution in [3.05, 3.63) is 52.9 Å². The van der Waals surface area contributed by atoms with Gasteiger partial charge in [-0.3, -0.25) is 4.40 Å². The van der Waals surface area contributed by atoms with Gasteiger partial charge in [-0.1, -0.05) is 5.16 Å². The van der Waals surface area contributed by atoms with E-state index < -0.39 is 0 Å². The molecule has 0 radical (unpaired) electrons. The average molecular weight is 407 g/mol. The molecule has 2 aliphatic rings. The third-order valence-electron chi connectivity index (χ3n) is 5.82. The monoisotopic (exact) mass is 407 g/mol. The van der Waals surface area contributed by atoms with Gasteiger partial charge in [0.05, 0.1) is 30.4 Å². The van der Waals surface area contributed by atoms with E-state index in [4.69, 9.17) is 14.0 Å². The van der Waals surface area contributed by atoms with Crippen molar-refractivity contribution in [3.8, 4) is 22.6 Å². The molecule has 0 aliphatic carbocycles. The molecular weight excluding hydrogens is 389 g/mol. The second kappa shape index (κ2) is 6.19. The molecule has 9 heteroatoms. The molecule has 4 aromatic rings. The van der Waals surface area contributed by atoms with Crippen molar-refractivity contribution in [2.24, 2.45) is 0 Å². The number of ether oxygens (including phenoxy) is 2. The molecule has 6 rings (SSSR count). The Morgan fingerprint density at radius 2 is 2.00 bits per heavy atom. The third-order valence-corrected chi connectivity index (χ3v) is 5.82. The Morgan fingerprint density at radius 1 is 1.17 bits per heavy atom. The molecule has 0 saturated heterocycles. The summed E-state index contributed by atoms with van der Waals surface area (Å²) in [7, 11) is 0. The molecule has 30 heavy (non-hydrogen) atoms. The molecule has 0 saturated carbocycles. The summed E-state index contributed by atoms with van der Waals surface area (Å²) < 4.78 is 33.9. The van der Waals surface area contributed by atoms with Gasteiger partial charge < -0.3 is 19.3 Å². The largest absolute Gasteiger partial charge is 0.493 e. The van der Waals surface area contributed by atoms with E-state index in [0.29, 0.717) is 48.3 Å². The highest BCUT2D eigenvalue weighted by molar-refractivity contribution is 5.83. The van der Waals surface area contributed by atoms with Crippen LogP contribution in [0.25, 0.3) is 16.8 Å². The zero-order valence-corrected chi connectivity index (χ0v) is 16.4. The van der Waals surface area contributed by atoms with Crippen molar-refractivity contribution in [1.82, 2.24) is 19.8 Å². The molecule has 152 valence electrons. The van der Waals surface area contributed by atoms with E-state index in [-0.39, 0.29) is 11.7 Å². The first-order chi connectivity index (χ1) is 14.6. The van der Waals surface area contributed by atoms with E-state index >= 15 is 0 Å². The molecule has 0 fully saturated rings. The van der Waals surface area contributed by atoms with Gasteiger partial charge >= 0.3 is 0 Å². The van der Waals surface area contributed by atoms with Crippen LogP contribution in [0.4, 0.5) is 10.2 Å². The maximum atomic E-state index is 14.7. The van der Waals surface area contributed by atoms with Crippen LogP contribution in [0.2, 0.25) is 0 Å². The van der Waals surface area contributed by atoms with Crippen LogP contribution in [-0.4, -0.2) is 33.0 Å². The summed E-state index contributed by atoms with van der Waals surface area (Å²) in [6.07, 6.45) is 1.62. The van der Waals surface area contributed by atoms with Gasteiger partial charge in [0.15, 0.2) is 17.2 Å². The number of anilines is 1. The number of hydrogen-bond acceptors (Lipinski definition) is 7. The van der Waals surface area contributed by atoms with Crippen LogP contribution in [0.1, 0.15) is 28.5 Å². The van der Waals surface area contributed by atoms with Crippen molar-refractivity contribution in [3.63, 3.8) is 0 Å². The number of aromatic nitrogens is 4. The van der Waals surface area contributed by atoms with Crippen LogP contribution >= 0.6 is 0 Å². The fourth-order valence-corrected chi connectivity index (χ4v) is 4.44. The molecule has 0 spiro atoms. The first-order valence-electron chi connectivity index (χ1n) is 9.72. The highest BCUT2D eigenvalue weighted by Gasteiger charge is 2.32. The number of pyridine rings is 1. The van der Waals surface area contributed by atoms with E-state index in [0.717, 1.165) is 28.1 Å². The first-order valence-corrected chi connectivity index (χ1v) is 9.72. The second-order valence-corrected chi connectivity index (χ2v) is 7.60. The number of nitrogens with zero attached hydrogens (tertiary/aromatic N) is 4. The third kappa shape index (κ3) is 2.35. The molecule has 8 nitrogen and oxygen atoms in total. The van der Waals surface area contributed by atoms with Crippen LogP contribution in [0.15, 0.2) is 29.0 Å². The maximum Gasteiger partial charge on any atom is 0.170 e. The SMILES string of the molecule is Cc1noc(C)c1-c1cc2c(n3cnnc13)NCc1c(F)ccc3c1[C@H](CO3)CO2. The van der Waals surface area contributed by atoms with E-state index in [2.05, 4.69) is 20.7 Å². The summed E-state index contributed by atoms with van der Waals surface area (Å²) in [6, 6.07) is 5.06. The van der Waals surface area contributed by atoms with Gasteiger partial charge in [0.1, 0.15) is 23.7 Å². The van der Waals surface area contributed by atoms with Crippen LogP contribution in [-0.2, 0) is 6.54 Å². The van der Waals surface area contributed by atoms with Crippen molar-refractivity contribution in [2.45, 2.75) is 26.3 Å². The van der Waals surface area contributed by atoms with E-state index in [1.54, 1.807) is 12.4 Å². The number of benzene rings is 1. The normalized spacial score (nSPS) is 17.2. The molecular formula is C21H18FN5O3. The molecule has 1 atom stereocenters. The molecule has 2 aliphatic heterocycles. The Bertz CT molecular complexity index is 1290. The first kappa shape index (κ1) is 17.3. The van der Waals surface area contributed by atoms with Gasteiger partial charge in [0.25, 0.3) is 0 Å². The zero-order chi connectivity index (χ0) is 20.4. The van der Waals surface area contributed by atoms with Gasteiger partial charge in [0, 0.05) is 23.2 Å². The zero-order valence-electron chi connectivity index (χ0n) is 16.4. The number of halogens is 1. The number of fused-ring (bicyclic) bond motifs is 3. The lowest BCUT2D eigenvalue weighted by atomic mass is 9.96. The number of hydrogen-bond donors (Lipinski definition) is 1. The van der Waals surface area contributed by atoms with Crippen LogP contribution in [0.3, 0.4) is 0 Å². The van der Waals surface area contributed by atoms with Crippen LogP contribution in [0, 0.1) is 19.7 Å². The topological polar surface area (TPSA) is 86.7 Å². The fourth-order valence-electron chi connectivity index (χ4n) is 4.44. The van der Waals surface area contributed by atoms with Crippen LogP contribution in [0.5, 0.6) is 11.5 Å². The number of rotatable bonds is 1. The van der Waals surface area contributed by atoms with Crippen LogP contribution < -0.4 is 14.8 Å². The van der Waals surface area contributed by atoms with Gasteiger partial charge in [-0.2, -0.15) is 0 Å². The smallest absolute Gasteiger partial charge is 0.170 e. The molecule has 1 N–H and O–H groups in total. The Morgan fingerprint density at radius 3 is 2.80 bits per heavy atom. The van der Waals surface area contributed by atoms with E-state index in [1.165, 1.54) is 6.07 Å². The summed E-state index contributed by atoms with van der Waals surface area (Å²) in [5.41, 5.74) is 4.55. The summed E-state index contributed by atoms with van der Waals surface area (Å²) >= 11 is 0. The second-order valence-electron chi connectivity index (χ2n) is 7.60. The summed E-state index contributed by atoms with van der Waals surface area (Å²) in [6.45, 7) is 4.87. The molecule has 0 amide bonds. The minimum absolute atomic E-state index is 0.0439. The highest BCUT2D eigenvalue weighted by atomic mass is 19.1. The highest BCUT2D eigenvalue weighted by Crippen LogP contribution is 2.42. The van der Waals surface area contributed by atoms with Gasteiger partial charge in [-0.15, -0.1) is 10.2 Å². The summed E-state index contributed by atoms with van der Waals surface area (Å²) in [5, 5.41) is 15.8. The molecule has 5 heterocycles. The predicted octanol–water partition coefficient (Wildman–Crippen LogP) is 3.62. The van der Waals surface area contributed by atoms with Gasteiger partial charge in [0.2, 0.25) is 0 Å². The molecule has 0 unspecified atom stereocenters. The van der Waals surface area contributed by atoms with Crippen molar-refractivity contribution < 1.29 is 18.4 Å². The Balaban J connectivity index is 1.54. The molecule has 0 bridgehead atoms. The lowest BCUT2D eigenvalue weighted by Crippen LogP contribution is -2.13. The standard InChI is InChI=1S/C21H18FN5O3/c1-10-18(11(2)30-26-10)13-5-17-21(27-9-24-25-20(13)27)23-6-14-15(22)3-4-16-19(14)12(7-28-16)8-29-17/h3-5,9,12,23H,6-8H2,1-2H3/t12-/m1/s1. The molecule has 3 aromatic heterocycles. The fraction of sp³-hybridized carbons (Fsp3) is 0.286. The van der Waals surface area contributed by atoms with Crippen molar-refractivity contribution in [1.29, 1.82) is 0 Å². The minimum atomic E-state index is -0.257. The van der Waals surface area contributed by atoms with E-state index in [1.807, 2.05) is 24.3 Å². The Labute approximate surface area is 170 Å². The summed E-state index contributed by atoms with van der Waals surface area (Å²) in [5.74, 6) is 2.41. The van der Waals surface area contributed by atoms with Gasteiger partial charge in [-0.25, -0.2) is 4.39 Å². The van der Waals surface area contributed by atoms with E-state index in [9.17, 15) is 4.39 Å². The number of nitrogens with one attached hydrogen (secondary N) is 1. The Kier molecular flexibility index (Phi) is 3.56. The predicted molar refractivity (Wildman–Crippen MR) is 105 cm³/mol. The van der Waals surface area contributed by atoms with Gasteiger partial charge in [-0.05, 0) is 32.0 Å². The van der Waals surface area contributed by atoms with Crippen molar-refractivity contribution >= 4 is 11.5 Å². The quantitative estimate of drug-likeness (QED) is 0.516. The maximum absolute atomic E-state index is 14.7. The molecule has 1 aromatic carbocycles.